The Hall–Kier alpha value is -3.70. The molecule has 0 unspecified atom stereocenters. The number of anilines is 1. The van der Waals surface area contributed by atoms with Gasteiger partial charge in [-0.2, -0.15) is 0 Å². The van der Waals surface area contributed by atoms with Crippen LogP contribution in [0.3, 0.4) is 0 Å². The first-order valence-electron chi connectivity index (χ1n) is 12.5. The molecule has 0 atom stereocenters. The standard InChI is InChI=1S/C31H33NO4/c1-36-30(34)19-14-23-6-5-9-29(20-23)32(31(35)28-7-3-2-4-8-28)21-24-10-15-26(16-11-24)27-17-12-25(22-33)13-18-27/h5-6,9-20,28,33H,2-4,7-8,21-22H2,1H3/b19-14+. The van der Waals surface area contributed by atoms with Crippen LogP contribution in [0.5, 0.6) is 0 Å². The molecular weight excluding hydrogens is 450 g/mol. The van der Waals surface area contributed by atoms with Crippen LogP contribution in [0, 0.1) is 5.92 Å². The van der Waals surface area contributed by atoms with Gasteiger partial charge in [-0.05, 0) is 58.9 Å². The maximum Gasteiger partial charge on any atom is 0.330 e. The van der Waals surface area contributed by atoms with E-state index in [4.69, 9.17) is 4.74 Å². The number of ether oxygens (including phenoxy) is 1. The molecule has 4 rings (SSSR count). The zero-order chi connectivity index (χ0) is 25.3. The SMILES string of the molecule is COC(=O)/C=C/c1cccc(N(Cc2ccc(-c3ccc(CO)cc3)cc2)C(=O)C2CCCCC2)c1. The third-order valence-electron chi connectivity index (χ3n) is 6.78. The summed E-state index contributed by atoms with van der Waals surface area (Å²) in [5, 5.41) is 9.28. The van der Waals surface area contributed by atoms with E-state index >= 15 is 0 Å². The average Bonchev–Trinajstić information content (AvgIpc) is 2.95. The molecule has 3 aromatic rings. The van der Waals surface area contributed by atoms with Gasteiger partial charge in [0.15, 0.2) is 0 Å². The highest BCUT2D eigenvalue weighted by Gasteiger charge is 2.27. The maximum atomic E-state index is 13.7. The van der Waals surface area contributed by atoms with Crippen molar-refractivity contribution in [3.05, 3.63) is 95.6 Å². The molecule has 3 aromatic carbocycles. The van der Waals surface area contributed by atoms with Gasteiger partial charge in [0.1, 0.15) is 0 Å². The summed E-state index contributed by atoms with van der Waals surface area (Å²) in [5.41, 5.74) is 5.76. The second kappa shape index (κ2) is 12.3. The second-order valence-electron chi connectivity index (χ2n) is 9.26. The number of methoxy groups -OCH3 is 1. The minimum atomic E-state index is -0.415. The van der Waals surface area contributed by atoms with Crippen molar-refractivity contribution in [2.24, 2.45) is 5.92 Å². The van der Waals surface area contributed by atoms with Gasteiger partial charge in [0, 0.05) is 17.7 Å². The number of carbonyl (C=O) groups is 2. The fraction of sp³-hybridized carbons (Fsp3) is 0.290. The first kappa shape index (κ1) is 25.4. The molecule has 0 heterocycles. The fourth-order valence-electron chi connectivity index (χ4n) is 4.68. The Morgan fingerprint density at radius 2 is 1.56 bits per heavy atom. The highest BCUT2D eigenvalue weighted by atomic mass is 16.5. The van der Waals surface area contributed by atoms with Crippen molar-refractivity contribution >= 4 is 23.6 Å². The van der Waals surface area contributed by atoms with Crippen molar-refractivity contribution in [1.82, 2.24) is 0 Å². The maximum absolute atomic E-state index is 13.7. The van der Waals surface area contributed by atoms with Crippen LogP contribution < -0.4 is 4.90 Å². The number of hydrogen-bond donors (Lipinski definition) is 1. The number of nitrogens with zero attached hydrogens (tertiary/aromatic N) is 1. The minimum absolute atomic E-state index is 0.0315. The predicted molar refractivity (Wildman–Crippen MR) is 143 cm³/mol. The molecule has 0 spiro atoms. The molecular formula is C31H33NO4. The summed E-state index contributed by atoms with van der Waals surface area (Å²) in [4.78, 5) is 27.1. The van der Waals surface area contributed by atoms with Crippen LogP contribution in [0.2, 0.25) is 0 Å². The number of aliphatic hydroxyl groups is 1. The van der Waals surface area contributed by atoms with E-state index in [-0.39, 0.29) is 18.4 Å². The number of rotatable bonds is 8. The summed E-state index contributed by atoms with van der Waals surface area (Å²) in [5.74, 6) is -0.216. The number of hydrogen-bond acceptors (Lipinski definition) is 4. The lowest BCUT2D eigenvalue weighted by molar-refractivity contribution is -0.134. The quantitative estimate of drug-likeness (QED) is 0.308. The monoisotopic (exact) mass is 483 g/mol. The zero-order valence-electron chi connectivity index (χ0n) is 20.7. The Labute approximate surface area is 213 Å². The number of carbonyl (C=O) groups excluding carboxylic acids is 2. The largest absolute Gasteiger partial charge is 0.466 e. The Kier molecular flexibility index (Phi) is 8.69. The molecule has 5 nitrogen and oxygen atoms in total. The van der Waals surface area contributed by atoms with E-state index in [0.717, 1.165) is 59.2 Å². The third-order valence-corrected chi connectivity index (χ3v) is 6.78. The molecule has 1 aliphatic carbocycles. The van der Waals surface area contributed by atoms with Crippen molar-refractivity contribution in [1.29, 1.82) is 0 Å². The lowest BCUT2D eigenvalue weighted by Gasteiger charge is -2.30. The van der Waals surface area contributed by atoms with Gasteiger partial charge in [0.25, 0.3) is 0 Å². The molecule has 0 saturated heterocycles. The van der Waals surface area contributed by atoms with Crippen LogP contribution in [-0.2, 0) is 27.5 Å². The number of benzene rings is 3. The van der Waals surface area contributed by atoms with Crippen molar-refractivity contribution in [2.45, 2.75) is 45.3 Å². The van der Waals surface area contributed by atoms with E-state index in [0.29, 0.717) is 6.54 Å². The number of amides is 1. The number of esters is 1. The van der Waals surface area contributed by atoms with E-state index in [1.807, 2.05) is 53.4 Å². The van der Waals surface area contributed by atoms with Gasteiger partial charge >= 0.3 is 5.97 Å². The van der Waals surface area contributed by atoms with Crippen molar-refractivity contribution in [3.8, 4) is 11.1 Å². The third kappa shape index (κ3) is 6.49. The molecule has 0 aromatic heterocycles. The Bertz CT molecular complexity index is 1190. The van der Waals surface area contributed by atoms with Crippen molar-refractivity contribution < 1.29 is 19.4 Å². The van der Waals surface area contributed by atoms with E-state index in [2.05, 4.69) is 24.3 Å². The smallest absolute Gasteiger partial charge is 0.330 e. The van der Waals surface area contributed by atoms with Gasteiger partial charge in [-0.25, -0.2) is 4.79 Å². The van der Waals surface area contributed by atoms with Crippen LogP contribution in [0.1, 0.15) is 48.8 Å². The first-order chi connectivity index (χ1) is 17.6. The summed E-state index contributed by atoms with van der Waals surface area (Å²) in [6.45, 7) is 0.507. The summed E-state index contributed by atoms with van der Waals surface area (Å²) in [6, 6.07) is 23.9. The summed E-state index contributed by atoms with van der Waals surface area (Å²) in [6.07, 6.45) is 8.33. The lowest BCUT2D eigenvalue weighted by atomic mass is 9.88. The normalized spacial score (nSPS) is 14.1. The summed E-state index contributed by atoms with van der Waals surface area (Å²) >= 11 is 0. The molecule has 1 aliphatic rings. The average molecular weight is 484 g/mol. The molecule has 186 valence electrons. The second-order valence-corrected chi connectivity index (χ2v) is 9.26. The Morgan fingerprint density at radius 1 is 0.917 bits per heavy atom. The topological polar surface area (TPSA) is 66.8 Å². The van der Waals surface area contributed by atoms with Gasteiger partial charge in [-0.15, -0.1) is 0 Å². The number of aliphatic hydroxyl groups excluding tert-OH is 1. The molecule has 1 amide bonds. The van der Waals surface area contributed by atoms with Gasteiger partial charge < -0.3 is 14.7 Å². The van der Waals surface area contributed by atoms with Crippen molar-refractivity contribution in [2.75, 3.05) is 12.0 Å². The van der Waals surface area contributed by atoms with Gasteiger partial charge in [-0.3, -0.25) is 4.79 Å². The van der Waals surface area contributed by atoms with Crippen LogP contribution >= 0.6 is 0 Å². The van der Waals surface area contributed by atoms with Crippen molar-refractivity contribution in [3.63, 3.8) is 0 Å². The highest BCUT2D eigenvalue weighted by Crippen LogP contribution is 2.30. The molecule has 36 heavy (non-hydrogen) atoms. The van der Waals surface area contributed by atoms with Gasteiger partial charge in [0.05, 0.1) is 20.3 Å². The fourth-order valence-corrected chi connectivity index (χ4v) is 4.68. The Morgan fingerprint density at radius 3 is 2.17 bits per heavy atom. The highest BCUT2D eigenvalue weighted by molar-refractivity contribution is 5.95. The lowest BCUT2D eigenvalue weighted by Crippen LogP contribution is -2.36. The molecule has 0 radical (unpaired) electrons. The molecule has 1 saturated carbocycles. The van der Waals surface area contributed by atoms with Crippen LogP contribution in [0.4, 0.5) is 5.69 Å². The van der Waals surface area contributed by atoms with E-state index in [1.165, 1.54) is 19.6 Å². The molecule has 5 heteroatoms. The van der Waals surface area contributed by atoms with Crippen LogP contribution in [0.15, 0.2) is 78.9 Å². The zero-order valence-corrected chi connectivity index (χ0v) is 20.7. The summed E-state index contributed by atoms with van der Waals surface area (Å²) < 4.78 is 4.70. The minimum Gasteiger partial charge on any atom is -0.466 e. The first-order valence-corrected chi connectivity index (χ1v) is 12.5. The van der Waals surface area contributed by atoms with E-state index in [1.54, 1.807) is 6.08 Å². The molecule has 0 aliphatic heterocycles. The van der Waals surface area contributed by atoms with Gasteiger partial charge in [0.2, 0.25) is 5.91 Å². The predicted octanol–water partition coefficient (Wildman–Crippen LogP) is 6.15. The molecule has 0 bridgehead atoms. The van der Waals surface area contributed by atoms with Crippen LogP contribution in [-0.4, -0.2) is 24.1 Å². The van der Waals surface area contributed by atoms with E-state index in [9.17, 15) is 14.7 Å². The van der Waals surface area contributed by atoms with Gasteiger partial charge in [-0.1, -0.05) is 79.9 Å². The molecule has 1 fully saturated rings. The van der Waals surface area contributed by atoms with E-state index < -0.39 is 5.97 Å². The summed E-state index contributed by atoms with van der Waals surface area (Å²) in [7, 11) is 1.35. The van der Waals surface area contributed by atoms with Crippen LogP contribution in [0.25, 0.3) is 17.2 Å². The molecule has 1 N–H and O–H groups in total. The Balaban J connectivity index is 1.59.